The lowest BCUT2D eigenvalue weighted by Gasteiger charge is -2.19. The topological polar surface area (TPSA) is 87.0 Å². The number of methoxy groups -OCH3 is 1. The Morgan fingerprint density at radius 3 is 2.70 bits per heavy atom. The third kappa shape index (κ3) is 4.59. The number of ether oxygens (including phenoxy) is 1. The van der Waals surface area contributed by atoms with E-state index in [-0.39, 0.29) is 11.7 Å². The van der Waals surface area contributed by atoms with Crippen LogP contribution in [0.15, 0.2) is 30.4 Å². The van der Waals surface area contributed by atoms with Crippen LogP contribution in [-0.4, -0.2) is 28.4 Å². The minimum Gasteiger partial charge on any atom is -0.504 e. The number of aliphatic hydroxyl groups excluding tert-OH is 1. The van der Waals surface area contributed by atoms with Crippen LogP contribution in [0.25, 0.3) is 0 Å². The van der Waals surface area contributed by atoms with Gasteiger partial charge in [-0.1, -0.05) is 19.1 Å². The first-order valence-corrected chi connectivity index (χ1v) is 6.40. The zero-order chi connectivity index (χ0) is 15.1. The van der Waals surface area contributed by atoms with E-state index in [0.717, 1.165) is 6.08 Å². The average Bonchev–Trinajstić information content (AvgIpc) is 2.42. The summed E-state index contributed by atoms with van der Waals surface area (Å²) in [6.45, 7) is 1.88. The van der Waals surface area contributed by atoms with E-state index in [2.05, 4.69) is 0 Å². The Balaban J connectivity index is 2.62. The van der Waals surface area contributed by atoms with Crippen molar-refractivity contribution in [3.63, 3.8) is 0 Å². The van der Waals surface area contributed by atoms with E-state index in [1.54, 1.807) is 18.2 Å². The minimum atomic E-state index is -0.974. The van der Waals surface area contributed by atoms with E-state index in [1.807, 2.05) is 6.92 Å². The number of hydrogen-bond acceptors (Lipinski definition) is 4. The van der Waals surface area contributed by atoms with Crippen molar-refractivity contribution >= 4 is 5.97 Å². The Morgan fingerprint density at radius 2 is 2.15 bits per heavy atom. The number of carboxylic acids is 1. The molecular weight excluding hydrogens is 260 g/mol. The van der Waals surface area contributed by atoms with Crippen LogP contribution in [0.5, 0.6) is 11.5 Å². The number of benzene rings is 1. The number of carbonyl (C=O) groups is 1. The molecule has 0 bridgehead atoms. The lowest BCUT2D eigenvalue weighted by molar-refractivity contribution is -0.131. The first kappa shape index (κ1) is 16.0. The van der Waals surface area contributed by atoms with Crippen LogP contribution in [0.3, 0.4) is 0 Å². The molecule has 110 valence electrons. The second-order valence-electron chi connectivity index (χ2n) is 4.67. The molecule has 0 aliphatic heterocycles. The number of phenolic OH excluding ortho intramolecular Hbond substituents is 1. The van der Waals surface area contributed by atoms with Crippen LogP contribution in [0.2, 0.25) is 0 Å². The smallest absolute Gasteiger partial charge is 0.327 e. The van der Waals surface area contributed by atoms with Crippen molar-refractivity contribution < 1.29 is 24.9 Å². The molecule has 0 saturated heterocycles. The van der Waals surface area contributed by atoms with Gasteiger partial charge in [-0.25, -0.2) is 4.79 Å². The van der Waals surface area contributed by atoms with E-state index >= 15 is 0 Å². The molecule has 0 aliphatic rings. The molecule has 0 aromatic heterocycles. The Bertz CT molecular complexity index is 481. The molecule has 5 nitrogen and oxygen atoms in total. The first-order valence-electron chi connectivity index (χ1n) is 6.40. The number of rotatable bonds is 7. The number of hydrogen-bond donors (Lipinski definition) is 3. The highest BCUT2D eigenvalue weighted by Crippen LogP contribution is 2.32. The zero-order valence-corrected chi connectivity index (χ0v) is 11.6. The van der Waals surface area contributed by atoms with Crippen molar-refractivity contribution in [1.29, 1.82) is 0 Å². The summed E-state index contributed by atoms with van der Waals surface area (Å²) in [5.74, 6) is -0.681. The predicted octanol–water partition coefficient (Wildman–Crippen LogP) is 2.49. The first-order chi connectivity index (χ1) is 9.45. The normalized spacial score (nSPS) is 14.2. The maximum Gasteiger partial charge on any atom is 0.327 e. The van der Waals surface area contributed by atoms with Crippen LogP contribution >= 0.6 is 0 Å². The molecule has 1 rings (SSSR count). The fourth-order valence-electron chi connectivity index (χ4n) is 1.92. The summed E-state index contributed by atoms with van der Waals surface area (Å²) >= 11 is 0. The molecule has 0 spiro atoms. The Morgan fingerprint density at radius 1 is 1.45 bits per heavy atom. The largest absolute Gasteiger partial charge is 0.504 e. The van der Waals surface area contributed by atoms with Crippen molar-refractivity contribution in [2.45, 2.75) is 25.9 Å². The second-order valence-corrected chi connectivity index (χ2v) is 4.67. The fraction of sp³-hybridized carbons (Fsp3) is 0.400. The number of aromatic hydroxyl groups is 1. The Kier molecular flexibility index (Phi) is 6.06. The number of aliphatic hydroxyl groups is 1. The van der Waals surface area contributed by atoms with E-state index in [1.165, 1.54) is 13.2 Å². The minimum absolute atomic E-state index is 0.0120. The molecule has 3 N–H and O–H groups in total. The molecule has 20 heavy (non-hydrogen) atoms. The average molecular weight is 280 g/mol. The maximum atomic E-state index is 10.3. The van der Waals surface area contributed by atoms with Crippen molar-refractivity contribution in [3.05, 3.63) is 35.9 Å². The molecule has 5 heteroatoms. The van der Waals surface area contributed by atoms with Gasteiger partial charge >= 0.3 is 5.97 Å². The fourth-order valence-corrected chi connectivity index (χ4v) is 1.92. The van der Waals surface area contributed by atoms with Gasteiger partial charge in [0.15, 0.2) is 11.5 Å². The van der Waals surface area contributed by atoms with Crippen molar-refractivity contribution in [3.8, 4) is 11.5 Å². The summed E-state index contributed by atoms with van der Waals surface area (Å²) in [6.07, 6.45) is 3.17. The molecule has 0 amide bonds. The second kappa shape index (κ2) is 7.55. The third-order valence-electron chi connectivity index (χ3n) is 3.13. The molecule has 0 unspecified atom stereocenters. The van der Waals surface area contributed by atoms with Gasteiger partial charge in [0.25, 0.3) is 0 Å². The quantitative estimate of drug-likeness (QED) is 0.668. The van der Waals surface area contributed by atoms with Gasteiger partial charge in [0, 0.05) is 6.08 Å². The van der Waals surface area contributed by atoms with Gasteiger partial charge < -0.3 is 20.1 Å². The standard InChI is InChI=1S/C15H20O5/c1-10(5-3-4-6-14(17)18)15(19)11-7-8-13(20-2)12(16)9-11/h4,6-10,15-16,19H,3,5H2,1-2H3,(H,17,18)/b6-4+/t10-,15+/m1/s1. The summed E-state index contributed by atoms with van der Waals surface area (Å²) in [7, 11) is 1.46. The summed E-state index contributed by atoms with van der Waals surface area (Å²) < 4.78 is 4.95. The van der Waals surface area contributed by atoms with Gasteiger partial charge in [-0.2, -0.15) is 0 Å². The van der Waals surface area contributed by atoms with E-state index in [4.69, 9.17) is 9.84 Å². The Labute approximate surface area is 118 Å². The van der Waals surface area contributed by atoms with Gasteiger partial charge in [-0.3, -0.25) is 0 Å². The summed E-state index contributed by atoms with van der Waals surface area (Å²) in [5.41, 5.74) is 0.609. The summed E-state index contributed by atoms with van der Waals surface area (Å²) in [4.78, 5) is 10.3. The lowest BCUT2D eigenvalue weighted by atomic mass is 9.93. The van der Waals surface area contributed by atoms with Crippen LogP contribution < -0.4 is 4.74 Å². The van der Waals surface area contributed by atoms with Gasteiger partial charge in [0.1, 0.15) is 0 Å². The lowest BCUT2D eigenvalue weighted by Crippen LogP contribution is -2.09. The number of allylic oxidation sites excluding steroid dienone is 1. The molecule has 0 heterocycles. The maximum absolute atomic E-state index is 10.3. The monoisotopic (exact) mass is 280 g/mol. The molecular formula is C15H20O5. The summed E-state index contributed by atoms with van der Waals surface area (Å²) in [6, 6.07) is 4.78. The molecule has 0 radical (unpaired) electrons. The SMILES string of the molecule is COc1ccc([C@@H](O)[C@H](C)CC/C=C/C(=O)O)cc1O. The van der Waals surface area contributed by atoms with Gasteiger partial charge in [0.05, 0.1) is 13.2 Å². The van der Waals surface area contributed by atoms with E-state index < -0.39 is 12.1 Å². The zero-order valence-electron chi connectivity index (χ0n) is 11.6. The van der Waals surface area contributed by atoms with Crippen LogP contribution in [-0.2, 0) is 4.79 Å². The van der Waals surface area contributed by atoms with E-state index in [9.17, 15) is 15.0 Å². The van der Waals surface area contributed by atoms with Crippen LogP contribution in [0.4, 0.5) is 0 Å². The molecule has 2 atom stereocenters. The van der Waals surface area contributed by atoms with Gasteiger partial charge in [0.2, 0.25) is 0 Å². The molecule has 0 saturated carbocycles. The van der Waals surface area contributed by atoms with Crippen LogP contribution in [0, 0.1) is 5.92 Å². The molecule has 0 fully saturated rings. The van der Waals surface area contributed by atoms with Gasteiger partial charge in [-0.05, 0) is 36.5 Å². The number of carboxylic acid groups (broad SMARTS) is 1. The highest BCUT2D eigenvalue weighted by atomic mass is 16.5. The molecule has 1 aromatic carbocycles. The van der Waals surface area contributed by atoms with Crippen LogP contribution in [0.1, 0.15) is 31.4 Å². The number of phenols is 1. The number of aliphatic carboxylic acids is 1. The highest BCUT2D eigenvalue weighted by molar-refractivity contribution is 5.79. The third-order valence-corrected chi connectivity index (χ3v) is 3.13. The molecule has 1 aromatic rings. The van der Waals surface area contributed by atoms with Gasteiger partial charge in [-0.15, -0.1) is 0 Å². The summed E-state index contributed by atoms with van der Waals surface area (Å²) in [5, 5.41) is 28.3. The molecule has 0 aliphatic carbocycles. The predicted molar refractivity (Wildman–Crippen MR) is 74.8 cm³/mol. The highest BCUT2D eigenvalue weighted by Gasteiger charge is 2.17. The van der Waals surface area contributed by atoms with Crippen molar-refractivity contribution in [1.82, 2.24) is 0 Å². The van der Waals surface area contributed by atoms with Crippen molar-refractivity contribution in [2.75, 3.05) is 7.11 Å². The Hall–Kier alpha value is -2.01. The van der Waals surface area contributed by atoms with Crippen molar-refractivity contribution in [2.24, 2.45) is 5.92 Å². The van der Waals surface area contributed by atoms with E-state index in [0.29, 0.717) is 24.2 Å².